The summed E-state index contributed by atoms with van der Waals surface area (Å²) in [5, 5.41) is 6.72. The number of hydrogen-bond donors (Lipinski definition) is 2. The van der Waals surface area contributed by atoms with Gasteiger partial charge in [-0.3, -0.25) is 4.79 Å². The zero-order valence-corrected chi connectivity index (χ0v) is 14.1. The van der Waals surface area contributed by atoms with E-state index in [-0.39, 0.29) is 11.7 Å². The molecule has 4 nitrogen and oxygen atoms in total. The van der Waals surface area contributed by atoms with Crippen molar-refractivity contribution < 1.29 is 9.53 Å². The molecule has 2 aromatic carbocycles. The summed E-state index contributed by atoms with van der Waals surface area (Å²) in [6, 6.07) is 15.9. The molecule has 4 heteroatoms. The Bertz CT molecular complexity index is 881. The number of anilines is 2. The molecule has 1 aliphatic carbocycles. The summed E-state index contributed by atoms with van der Waals surface area (Å²) in [4.78, 5) is 12.8. The fourth-order valence-electron chi connectivity index (χ4n) is 3.58. The highest BCUT2D eigenvalue weighted by molar-refractivity contribution is 6.04. The molecule has 0 unspecified atom stereocenters. The molecule has 0 saturated carbocycles. The van der Waals surface area contributed by atoms with Crippen LogP contribution in [0.25, 0.3) is 0 Å². The molecular weight excluding hydrogens is 312 g/mol. The topological polar surface area (TPSA) is 50.4 Å². The Labute approximate surface area is 147 Å². The maximum atomic E-state index is 12.8. The van der Waals surface area contributed by atoms with Crippen LogP contribution in [0.2, 0.25) is 0 Å². The quantitative estimate of drug-likeness (QED) is 0.853. The van der Waals surface area contributed by atoms with Crippen LogP contribution in [0.1, 0.15) is 24.3 Å². The van der Waals surface area contributed by atoms with E-state index in [9.17, 15) is 4.79 Å². The number of carbonyl (C=O) groups excluding carboxylic acids is 1. The molecule has 2 aliphatic rings. The molecule has 4 rings (SSSR count). The number of allylic oxidation sites excluding steroid dienone is 2. The minimum absolute atomic E-state index is 0.125. The predicted octanol–water partition coefficient (Wildman–Crippen LogP) is 4.45. The smallest absolute Gasteiger partial charge is 0.167 e. The Morgan fingerprint density at radius 2 is 1.68 bits per heavy atom. The van der Waals surface area contributed by atoms with Crippen molar-refractivity contribution in [2.45, 2.75) is 18.8 Å². The Balaban J connectivity index is 1.68. The van der Waals surface area contributed by atoms with Crippen LogP contribution in [0.3, 0.4) is 0 Å². The van der Waals surface area contributed by atoms with Crippen LogP contribution in [0, 0.1) is 0 Å². The number of nitrogens with one attached hydrogen (secondary N) is 2. The zero-order chi connectivity index (χ0) is 17.4. The lowest BCUT2D eigenvalue weighted by atomic mass is 9.81. The Morgan fingerprint density at radius 3 is 2.36 bits per heavy atom. The van der Waals surface area contributed by atoms with E-state index in [0.29, 0.717) is 17.7 Å². The minimum atomic E-state index is 0.125. The second-order valence-corrected chi connectivity index (χ2v) is 6.43. The van der Waals surface area contributed by atoms with E-state index in [1.807, 2.05) is 48.5 Å². The van der Waals surface area contributed by atoms with Gasteiger partial charge in [-0.05, 0) is 42.2 Å². The first-order chi connectivity index (χ1) is 12.2. The molecular formula is C21H20N2O2. The van der Waals surface area contributed by atoms with E-state index in [1.165, 1.54) is 0 Å². The third kappa shape index (κ3) is 2.80. The van der Waals surface area contributed by atoms with Gasteiger partial charge in [-0.1, -0.05) is 30.8 Å². The molecule has 0 amide bonds. The van der Waals surface area contributed by atoms with Crippen molar-refractivity contribution >= 4 is 17.2 Å². The summed E-state index contributed by atoms with van der Waals surface area (Å²) >= 11 is 0. The first-order valence-electron chi connectivity index (χ1n) is 8.38. The average Bonchev–Trinajstić information content (AvgIpc) is 2.77. The fourth-order valence-corrected chi connectivity index (χ4v) is 3.58. The Kier molecular flexibility index (Phi) is 3.80. The second-order valence-electron chi connectivity index (χ2n) is 6.43. The van der Waals surface area contributed by atoms with E-state index < -0.39 is 0 Å². The number of ketones is 1. The van der Waals surface area contributed by atoms with Gasteiger partial charge >= 0.3 is 0 Å². The molecule has 25 heavy (non-hydrogen) atoms. The largest absolute Gasteiger partial charge is 0.497 e. The van der Waals surface area contributed by atoms with Crippen LogP contribution in [0.5, 0.6) is 5.75 Å². The van der Waals surface area contributed by atoms with Crippen molar-refractivity contribution in [3.05, 3.63) is 77.6 Å². The molecule has 0 aromatic heterocycles. The summed E-state index contributed by atoms with van der Waals surface area (Å²) in [6.45, 7) is 4.08. The lowest BCUT2D eigenvalue weighted by molar-refractivity contribution is -0.116. The van der Waals surface area contributed by atoms with Gasteiger partial charge in [0.05, 0.1) is 24.1 Å². The van der Waals surface area contributed by atoms with Gasteiger partial charge in [-0.25, -0.2) is 0 Å². The minimum Gasteiger partial charge on any atom is -0.497 e. The van der Waals surface area contributed by atoms with Crippen LogP contribution in [0.4, 0.5) is 11.4 Å². The zero-order valence-electron chi connectivity index (χ0n) is 14.1. The molecule has 2 aromatic rings. The van der Waals surface area contributed by atoms with Crippen LogP contribution in [-0.2, 0) is 4.79 Å². The van der Waals surface area contributed by atoms with E-state index in [2.05, 4.69) is 17.2 Å². The van der Waals surface area contributed by atoms with E-state index in [4.69, 9.17) is 4.74 Å². The summed E-state index contributed by atoms with van der Waals surface area (Å²) in [5.41, 5.74) is 5.37. The monoisotopic (exact) mass is 332 g/mol. The number of rotatable bonds is 2. The van der Waals surface area contributed by atoms with E-state index in [1.54, 1.807) is 7.11 Å². The number of methoxy groups -OCH3 is 1. The molecule has 0 spiro atoms. The van der Waals surface area contributed by atoms with Crippen LogP contribution in [-0.4, -0.2) is 12.9 Å². The lowest BCUT2D eigenvalue weighted by Gasteiger charge is -2.26. The van der Waals surface area contributed by atoms with E-state index in [0.717, 1.165) is 34.8 Å². The van der Waals surface area contributed by atoms with Gasteiger partial charge in [0, 0.05) is 17.8 Å². The van der Waals surface area contributed by atoms with Gasteiger partial charge in [0.1, 0.15) is 5.75 Å². The number of carbonyl (C=O) groups is 1. The molecule has 0 fully saturated rings. The Morgan fingerprint density at radius 1 is 1.00 bits per heavy atom. The molecule has 0 saturated heterocycles. The molecule has 126 valence electrons. The fraction of sp³-hybridized carbons (Fsp3) is 0.190. The highest BCUT2D eigenvalue weighted by Crippen LogP contribution is 2.40. The van der Waals surface area contributed by atoms with Crippen molar-refractivity contribution in [3.63, 3.8) is 0 Å². The highest BCUT2D eigenvalue weighted by atomic mass is 16.5. The number of fused-ring (bicyclic) bond motifs is 1. The molecule has 1 aliphatic heterocycles. The van der Waals surface area contributed by atoms with Gasteiger partial charge < -0.3 is 15.4 Å². The molecule has 1 heterocycles. The number of Topliss-reactive ketones (excluding diaryl/α,β-unsaturated/α-hetero) is 1. The summed E-state index contributed by atoms with van der Waals surface area (Å²) in [5.74, 6) is 1.10. The third-order valence-electron chi connectivity index (χ3n) is 4.85. The SMILES string of the molecule is C=C1Nc2ccccc2NC2=C1C(=O)C[C@@H](c1ccc(OC)cc1)C2. The van der Waals surface area contributed by atoms with E-state index >= 15 is 0 Å². The van der Waals surface area contributed by atoms with Gasteiger partial charge in [-0.2, -0.15) is 0 Å². The number of hydrogen-bond acceptors (Lipinski definition) is 4. The van der Waals surface area contributed by atoms with Crippen molar-refractivity contribution in [2.75, 3.05) is 17.7 Å². The summed E-state index contributed by atoms with van der Waals surface area (Å²) in [6.07, 6.45) is 1.27. The first kappa shape index (κ1) is 15.5. The second kappa shape index (κ2) is 6.13. The van der Waals surface area contributed by atoms with Crippen molar-refractivity contribution in [3.8, 4) is 5.75 Å². The third-order valence-corrected chi connectivity index (χ3v) is 4.85. The first-order valence-corrected chi connectivity index (χ1v) is 8.38. The van der Waals surface area contributed by atoms with Gasteiger partial charge in [-0.15, -0.1) is 0 Å². The van der Waals surface area contributed by atoms with Gasteiger partial charge in [0.15, 0.2) is 5.78 Å². The summed E-state index contributed by atoms with van der Waals surface area (Å²) in [7, 11) is 1.65. The standard InChI is InChI=1S/C21H20N2O2/c1-13-21-19(23-18-6-4-3-5-17(18)22-13)11-15(12-20(21)24)14-7-9-16(25-2)10-8-14/h3-10,15,22-23H,1,11-12H2,2H3/t15-/m0/s1. The maximum Gasteiger partial charge on any atom is 0.167 e. The van der Waals surface area contributed by atoms with Crippen LogP contribution >= 0.6 is 0 Å². The summed E-state index contributed by atoms with van der Waals surface area (Å²) < 4.78 is 5.22. The molecule has 0 radical (unpaired) electrons. The normalized spacial score (nSPS) is 19.3. The highest BCUT2D eigenvalue weighted by Gasteiger charge is 2.32. The maximum absolute atomic E-state index is 12.8. The average molecular weight is 332 g/mol. The molecule has 0 bridgehead atoms. The predicted molar refractivity (Wildman–Crippen MR) is 99.8 cm³/mol. The van der Waals surface area contributed by atoms with Gasteiger partial charge in [0.25, 0.3) is 0 Å². The van der Waals surface area contributed by atoms with Gasteiger partial charge in [0.2, 0.25) is 0 Å². The molecule has 1 atom stereocenters. The lowest BCUT2D eigenvalue weighted by Crippen LogP contribution is -2.23. The van der Waals surface area contributed by atoms with Crippen molar-refractivity contribution in [2.24, 2.45) is 0 Å². The van der Waals surface area contributed by atoms with Crippen molar-refractivity contribution in [1.29, 1.82) is 0 Å². The Hall–Kier alpha value is -3.01. The van der Waals surface area contributed by atoms with Crippen LogP contribution in [0.15, 0.2) is 72.1 Å². The number of ether oxygens (including phenoxy) is 1. The number of benzene rings is 2. The van der Waals surface area contributed by atoms with Crippen LogP contribution < -0.4 is 15.4 Å². The van der Waals surface area contributed by atoms with Crippen molar-refractivity contribution in [1.82, 2.24) is 0 Å². The molecule has 2 N–H and O–H groups in total. The number of para-hydroxylation sites is 2.